The Morgan fingerprint density at radius 3 is 2.50 bits per heavy atom. The maximum atomic E-state index is 13.2. The Kier molecular flexibility index (Phi) is 5.08. The number of piperidine rings is 1. The number of alkyl halides is 3. The van der Waals surface area contributed by atoms with Crippen molar-refractivity contribution in [3.05, 3.63) is 74.8 Å². The SMILES string of the molecule is O=C(c1cccs1)N1CC2CC(C1)c1ccc(-c3ccc(OC(F)(F)F)cc3)c(=O)n1C2. The Labute approximate surface area is 185 Å². The van der Waals surface area contributed by atoms with E-state index in [2.05, 4.69) is 4.74 Å². The summed E-state index contributed by atoms with van der Waals surface area (Å²) in [4.78, 5) is 28.6. The molecule has 0 radical (unpaired) electrons. The van der Waals surface area contributed by atoms with Gasteiger partial charge in [0.15, 0.2) is 0 Å². The molecule has 3 aromatic rings. The summed E-state index contributed by atoms with van der Waals surface area (Å²) < 4.78 is 42.8. The molecule has 2 atom stereocenters. The fourth-order valence-corrected chi connectivity index (χ4v) is 5.41. The molecule has 9 heteroatoms. The summed E-state index contributed by atoms with van der Waals surface area (Å²) in [6.45, 7) is 1.68. The zero-order valence-electron chi connectivity index (χ0n) is 16.8. The normalized spacial score (nSPS) is 20.0. The fourth-order valence-electron chi connectivity index (χ4n) is 4.72. The van der Waals surface area contributed by atoms with Crippen molar-refractivity contribution in [1.82, 2.24) is 9.47 Å². The molecule has 0 aliphatic carbocycles. The van der Waals surface area contributed by atoms with Crippen LogP contribution in [0.25, 0.3) is 11.1 Å². The van der Waals surface area contributed by atoms with E-state index in [0.717, 1.165) is 17.0 Å². The molecule has 0 N–H and O–H groups in total. The number of likely N-dealkylation sites (tertiary alicyclic amines) is 1. The predicted octanol–water partition coefficient (Wildman–Crippen LogP) is 4.73. The Morgan fingerprint density at radius 2 is 1.81 bits per heavy atom. The molecule has 4 heterocycles. The van der Waals surface area contributed by atoms with Crippen LogP contribution in [0.5, 0.6) is 5.75 Å². The van der Waals surface area contributed by atoms with Crippen LogP contribution in [0.2, 0.25) is 0 Å². The molecule has 1 fully saturated rings. The van der Waals surface area contributed by atoms with E-state index in [0.29, 0.717) is 30.8 Å². The summed E-state index contributed by atoms with van der Waals surface area (Å²) in [5.74, 6) is -0.0379. The highest BCUT2D eigenvalue weighted by Gasteiger charge is 2.37. The van der Waals surface area contributed by atoms with Gasteiger partial charge in [0.2, 0.25) is 0 Å². The van der Waals surface area contributed by atoms with Gasteiger partial charge in [0, 0.05) is 36.8 Å². The first kappa shape index (κ1) is 20.8. The molecule has 2 bridgehead atoms. The summed E-state index contributed by atoms with van der Waals surface area (Å²) in [6, 6.07) is 12.6. The van der Waals surface area contributed by atoms with Gasteiger partial charge >= 0.3 is 6.36 Å². The number of nitrogens with zero attached hydrogens (tertiary/aromatic N) is 2. The molecule has 1 saturated heterocycles. The standard InChI is InChI=1S/C23H19F3N2O3S/c24-23(25,26)31-17-5-3-15(4-6-17)18-7-8-19-16-10-14(12-28(19)21(18)29)11-27(13-16)22(30)20-2-1-9-32-20/h1-9,14,16H,10-13H2. The molecule has 0 spiro atoms. The van der Waals surface area contributed by atoms with Crippen molar-refractivity contribution in [2.24, 2.45) is 5.92 Å². The lowest BCUT2D eigenvalue weighted by atomic mass is 9.82. The lowest BCUT2D eigenvalue weighted by molar-refractivity contribution is -0.274. The van der Waals surface area contributed by atoms with E-state index in [4.69, 9.17) is 0 Å². The Morgan fingerprint density at radius 1 is 1.03 bits per heavy atom. The van der Waals surface area contributed by atoms with Gasteiger partial charge in [-0.15, -0.1) is 24.5 Å². The van der Waals surface area contributed by atoms with Crippen LogP contribution < -0.4 is 10.3 Å². The van der Waals surface area contributed by atoms with E-state index in [1.165, 1.54) is 35.6 Å². The number of carbonyl (C=O) groups excluding carboxylic acids is 1. The van der Waals surface area contributed by atoms with Gasteiger partial charge in [0.1, 0.15) is 5.75 Å². The zero-order valence-corrected chi connectivity index (χ0v) is 17.7. The molecule has 2 aromatic heterocycles. The summed E-state index contributed by atoms with van der Waals surface area (Å²) >= 11 is 1.43. The third-order valence-corrected chi connectivity index (χ3v) is 6.88. The fraction of sp³-hybridized carbons (Fsp3) is 0.304. The van der Waals surface area contributed by atoms with Gasteiger partial charge in [-0.05, 0) is 53.6 Å². The Hall–Kier alpha value is -3.07. The van der Waals surface area contributed by atoms with E-state index < -0.39 is 6.36 Å². The summed E-state index contributed by atoms with van der Waals surface area (Å²) in [5.41, 5.74) is 1.69. The second kappa shape index (κ2) is 7.81. The highest BCUT2D eigenvalue weighted by Crippen LogP contribution is 2.36. The number of fused-ring (bicyclic) bond motifs is 4. The first-order chi connectivity index (χ1) is 15.3. The van der Waals surface area contributed by atoms with Crippen LogP contribution in [-0.4, -0.2) is 34.8 Å². The van der Waals surface area contributed by atoms with Crippen LogP contribution in [-0.2, 0) is 6.54 Å². The van der Waals surface area contributed by atoms with E-state index >= 15 is 0 Å². The van der Waals surface area contributed by atoms with Gasteiger partial charge < -0.3 is 14.2 Å². The number of halogens is 3. The van der Waals surface area contributed by atoms with Crippen LogP contribution in [0.1, 0.15) is 27.7 Å². The molecule has 166 valence electrons. The molecule has 5 rings (SSSR count). The average molecular weight is 460 g/mol. The van der Waals surface area contributed by atoms with Crippen LogP contribution in [0.4, 0.5) is 13.2 Å². The number of pyridine rings is 1. The van der Waals surface area contributed by atoms with Crippen molar-refractivity contribution >= 4 is 17.2 Å². The van der Waals surface area contributed by atoms with E-state index in [1.807, 2.05) is 28.5 Å². The Bertz CT molecular complexity index is 1200. The molecule has 32 heavy (non-hydrogen) atoms. The molecule has 2 aliphatic rings. The Balaban J connectivity index is 1.41. The summed E-state index contributed by atoms with van der Waals surface area (Å²) in [6.07, 6.45) is -3.83. The minimum Gasteiger partial charge on any atom is -0.406 e. The molecule has 0 saturated carbocycles. The third-order valence-electron chi connectivity index (χ3n) is 6.02. The zero-order chi connectivity index (χ0) is 22.5. The minimum absolute atomic E-state index is 0.0308. The van der Waals surface area contributed by atoms with Gasteiger partial charge in [-0.2, -0.15) is 0 Å². The lowest BCUT2D eigenvalue weighted by Gasteiger charge is -2.42. The van der Waals surface area contributed by atoms with Crippen molar-refractivity contribution in [3.8, 4) is 16.9 Å². The average Bonchev–Trinajstić information content (AvgIpc) is 3.28. The van der Waals surface area contributed by atoms with Gasteiger partial charge in [-0.3, -0.25) is 9.59 Å². The predicted molar refractivity (Wildman–Crippen MR) is 114 cm³/mol. The van der Waals surface area contributed by atoms with E-state index in [-0.39, 0.29) is 29.1 Å². The molecule has 2 unspecified atom stereocenters. The highest BCUT2D eigenvalue weighted by molar-refractivity contribution is 7.12. The van der Waals surface area contributed by atoms with Crippen LogP contribution in [0.3, 0.4) is 0 Å². The number of thiophene rings is 1. The van der Waals surface area contributed by atoms with Gasteiger partial charge in [0.25, 0.3) is 11.5 Å². The first-order valence-electron chi connectivity index (χ1n) is 10.2. The van der Waals surface area contributed by atoms with Gasteiger partial charge in [0.05, 0.1) is 4.88 Å². The number of hydrogen-bond donors (Lipinski definition) is 0. The number of benzene rings is 1. The molecule has 1 amide bonds. The summed E-state index contributed by atoms with van der Waals surface area (Å²) in [7, 11) is 0. The van der Waals surface area contributed by atoms with Crippen molar-refractivity contribution in [2.45, 2.75) is 25.2 Å². The monoisotopic (exact) mass is 460 g/mol. The second-order valence-electron chi connectivity index (χ2n) is 8.15. The van der Waals surface area contributed by atoms with Crippen LogP contribution >= 0.6 is 11.3 Å². The number of aromatic nitrogens is 1. The number of rotatable bonds is 3. The number of amides is 1. The minimum atomic E-state index is -4.76. The van der Waals surface area contributed by atoms with Crippen LogP contribution in [0.15, 0.2) is 58.7 Å². The topological polar surface area (TPSA) is 51.5 Å². The van der Waals surface area contributed by atoms with Gasteiger partial charge in [-0.25, -0.2) is 0 Å². The van der Waals surface area contributed by atoms with Crippen LogP contribution in [0, 0.1) is 5.92 Å². The van der Waals surface area contributed by atoms with Gasteiger partial charge in [-0.1, -0.05) is 18.2 Å². The molecule has 5 nitrogen and oxygen atoms in total. The number of hydrogen-bond acceptors (Lipinski definition) is 4. The smallest absolute Gasteiger partial charge is 0.406 e. The maximum Gasteiger partial charge on any atom is 0.573 e. The summed E-state index contributed by atoms with van der Waals surface area (Å²) in [5, 5.41) is 1.89. The van der Waals surface area contributed by atoms with Crippen molar-refractivity contribution in [2.75, 3.05) is 13.1 Å². The highest BCUT2D eigenvalue weighted by atomic mass is 32.1. The molecule has 1 aromatic carbocycles. The lowest BCUT2D eigenvalue weighted by Crippen LogP contribution is -2.49. The third kappa shape index (κ3) is 3.92. The van der Waals surface area contributed by atoms with Crippen molar-refractivity contribution in [1.29, 1.82) is 0 Å². The van der Waals surface area contributed by atoms with E-state index in [9.17, 15) is 22.8 Å². The second-order valence-corrected chi connectivity index (χ2v) is 9.09. The molecular weight excluding hydrogens is 441 g/mol. The number of carbonyl (C=O) groups is 1. The molecular formula is C23H19F3N2O3S. The maximum absolute atomic E-state index is 13.2. The number of ether oxygens (including phenoxy) is 1. The van der Waals surface area contributed by atoms with E-state index in [1.54, 1.807) is 10.6 Å². The largest absolute Gasteiger partial charge is 0.573 e. The van der Waals surface area contributed by atoms with Crippen molar-refractivity contribution < 1.29 is 22.7 Å². The molecule has 2 aliphatic heterocycles. The first-order valence-corrected chi connectivity index (χ1v) is 11.1. The quantitative estimate of drug-likeness (QED) is 0.568. The van der Waals surface area contributed by atoms with Crippen molar-refractivity contribution in [3.63, 3.8) is 0 Å².